The van der Waals surface area contributed by atoms with E-state index in [1.165, 1.54) is 0 Å². The van der Waals surface area contributed by atoms with Crippen LogP contribution in [0.5, 0.6) is 0 Å². The normalized spacial score (nSPS) is 10.6. The molecule has 0 saturated carbocycles. The zero-order valence-electron chi connectivity index (χ0n) is 16.5. The molecule has 31 heavy (non-hydrogen) atoms. The van der Waals surface area contributed by atoms with E-state index in [1.807, 2.05) is 42.5 Å². The van der Waals surface area contributed by atoms with Gasteiger partial charge in [0.2, 0.25) is 0 Å². The van der Waals surface area contributed by atoms with Crippen LogP contribution in [0.3, 0.4) is 0 Å². The molecule has 7 nitrogen and oxygen atoms in total. The molecular weight excluding hydrogens is 414 g/mol. The number of hydrogen-bond acceptors (Lipinski definition) is 3. The molecule has 0 spiro atoms. The van der Waals surface area contributed by atoms with Crippen LogP contribution in [0.2, 0.25) is 5.02 Å². The van der Waals surface area contributed by atoms with Gasteiger partial charge >= 0.3 is 6.03 Å². The minimum Gasteiger partial charge on any atom is -0.348 e. The van der Waals surface area contributed by atoms with E-state index in [9.17, 15) is 9.59 Å². The number of nitrogens with one attached hydrogen (secondary N) is 3. The zero-order chi connectivity index (χ0) is 21.6. The Balaban J connectivity index is 1.40. The second kappa shape index (κ2) is 9.32. The third kappa shape index (κ3) is 5.21. The summed E-state index contributed by atoms with van der Waals surface area (Å²) in [6, 6.07) is 19.9. The monoisotopic (exact) mass is 433 g/mol. The van der Waals surface area contributed by atoms with Crippen molar-refractivity contribution < 1.29 is 9.59 Å². The van der Waals surface area contributed by atoms with Crippen LogP contribution in [0.4, 0.5) is 10.5 Å². The Kier molecular flexibility index (Phi) is 6.14. The first-order valence-corrected chi connectivity index (χ1v) is 10.0. The van der Waals surface area contributed by atoms with Crippen molar-refractivity contribution in [3.8, 4) is 0 Å². The van der Waals surface area contributed by atoms with Crippen molar-refractivity contribution in [3.05, 3.63) is 101 Å². The van der Waals surface area contributed by atoms with Crippen molar-refractivity contribution >= 4 is 34.7 Å². The lowest BCUT2D eigenvalue weighted by Crippen LogP contribution is -2.28. The van der Waals surface area contributed by atoms with Crippen molar-refractivity contribution in [2.45, 2.75) is 13.1 Å². The van der Waals surface area contributed by atoms with Gasteiger partial charge in [-0.05, 0) is 41.5 Å². The summed E-state index contributed by atoms with van der Waals surface area (Å²) in [6.45, 7) is 0.723. The number of nitrogens with zero attached hydrogens (tertiary/aromatic N) is 2. The number of carbonyl (C=O) groups excluding carboxylic acids is 2. The fraction of sp³-hybridized carbons (Fsp3) is 0.0870. The Hall–Kier alpha value is -3.84. The standard InChI is InChI=1S/C23H20ClN5O2/c24-18-7-4-8-19(12-18)28-23(31)26-14-17-9-10-29-21(11-17)20(15-27-29)22(30)25-13-16-5-2-1-3-6-16/h1-12,15H,13-14H2,(H,25,30)(H2,26,28,31). The first-order chi connectivity index (χ1) is 15.1. The average Bonchev–Trinajstić information content (AvgIpc) is 3.20. The Morgan fingerprint density at radius 2 is 1.71 bits per heavy atom. The van der Waals surface area contributed by atoms with Gasteiger partial charge in [-0.25, -0.2) is 9.31 Å². The first-order valence-electron chi connectivity index (χ1n) is 9.67. The third-order valence-corrected chi connectivity index (χ3v) is 4.90. The number of amides is 3. The SMILES string of the molecule is O=C(NCc1ccn2ncc(C(=O)NCc3ccccc3)c2c1)Nc1cccc(Cl)c1. The molecule has 0 bridgehead atoms. The van der Waals surface area contributed by atoms with Crippen LogP contribution in [0.1, 0.15) is 21.5 Å². The Morgan fingerprint density at radius 3 is 2.52 bits per heavy atom. The van der Waals surface area contributed by atoms with Gasteiger partial charge in [-0.1, -0.05) is 48.0 Å². The van der Waals surface area contributed by atoms with Crippen molar-refractivity contribution in [2.75, 3.05) is 5.32 Å². The summed E-state index contributed by atoms with van der Waals surface area (Å²) >= 11 is 5.93. The van der Waals surface area contributed by atoms with Gasteiger partial charge in [-0.15, -0.1) is 0 Å². The highest BCUT2D eigenvalue weighted by molar-refractivity contribution is 6.30. The van der Waals surface area contributed by atoms with Gasteiger partial charge in [0.1, 0.15) is 0 Å². The molecule has 4 aromatic rings. The van der Waals surface area contributed by atoms with E-state index in [1.54, 1.807) is 41.2 Å². The van der Waals surface area contributed by atoms with Crippen LogP contribution in [0.15, 0.2) is 79.1 Å². The zero-order valence-corrected chi connectivity index (χ0v) is 17.3. The predicted octanol–water partition coefficient (Wildman–Crippen LogP) is 4.24. The van der Waals surface area contributed by atoms with Crippen molar-refractivity contribution in [1.82, 2.24) is 20.2 Å². The highest BCUT2D eigenvalue weighted by atomic mass is 35.5. The summed E-state index contributed by atoms with van der Waals surface area (Å²) in [5, 5.41) is 13.2. The summed E-state index contributed by atoms with van der Waals surface area (Å²) in [4.78, 5) is 24.8. The number of rotatable bonds is 6. The Morgan fingerprint density at radius 1 is 0.903 bits per heavy atom. The van der Waals surface area contributed by atoms with Crippen molar-refractivity contribution in [1.29, 1.82) is 0 Å². The summed E-state index contributed by atoms with van der Waals surface area (Å²) < 4.78 is 1.63. The van der Waals surface area contributed by atoms with Gasteiger partial charge in [0.15, 0.2) is 0 Å². The lowest BCUT2D eigenvalue weighted by atomic mass is 10.2. The van der Waals surface area contributed by atoms with E-state index in [-0.39, 0.29) is 11.9 Å². The molecule has 0 aliphatic heterocycles. The molecule has 3 amide bonds. The molecule has 0 unspecified atom stereocenters. The molecule has 156 valence electrons. The molecule has 0 radical (unpaired) electrons. The smallest absolute Gasteiger partial charge is 0.319 e. The number of anilines is 1. The molecule has 0 atom stereocenters. The molecule has 0 fully saturated rings. The number of hydrogen-bond donors (Lipinski definition) is 3. The minimum absolute atomic E-state index is 0.206. The second-order valence-corrected chi connectivity index (χ2v) is 7.35. The van der Waals surface area contributed by atoms with Gasteiger partial charge < -0.3 is 16.0 Å². The molecule has 2 aromatic heterocycles. The Labute approximate surface area is 184 Å². The topological polar surface area (TPSA) is 87.5 Å². The van der Waals surface area contributed by atoms with E-state index in [0.29, 0.717) is 34.9 Å². The van der Waals surface area contributed by atoms with Crippen LogP contribution in [0, 0.1) is 0 Å². The maximum Gasteiger partial charge on any atom is 0.319 e. The van der Waals surface area contributed by atoms with Crippen LogP contribution in [-0.2, 0) is 13.1 Å². The molecule has 8 heteroatoms. The molecule has 4 rings (SSSR count). The van der Waals surface area contributed by atoms with Crippen LogP contribution in [-0.4, -0.2) is 21.6 Å². The molecule has 0 aliphatic carbocycles. The highest BCUT2D eigenvalue weighted by Crippen LogP contribution is 2.15. The predicted molar refractivity (Wildman–Crippen MR) is 120 cm³/mol. The number of pyridine rings is 1. The summed E-state index contributed by atoms with van der Waals surface area (Å²) in [5.41, 5.74) is 3.60. The largest absolute Gasteiger partial charge is 0.348 e. The fourth-order valence-corrected chi connectivity index (χ4v) is 3.30. The van der Waals surface area contributed by atoms with Crippen molar-refractivity contribution in [2.24, 2.45) is 0 Å². The number of benzene rings is 2. The second-order valence-electron chi connectivity index (χ2n) is 6.91. The molecule has 0 aliphatic rings. The number of aromatic nitrogens is 2. The maximum absolute atomic E-state index is 12.6. The summed E-state index contributed by atoms with van der Waals surface area (Å²) in [6.07, 6.45) is 3.30. The fourth-order valence-electron chi connectivity index (χ4n) is 3.11. The van der Waals surface area contributed by atoms with Crippen LogP contribution >= 0.6 is 11.6 Å². The molecule has 3 N–H and O–H groups in total. The number of fused-ring (bicyclic) bond motifs is 1. The lowest BCUT2D eigenvalue weighted by Gasteiger charge is -2.09. The van der Waals surface area contributed by atoms with Gasteiger partial charge in [0.25, 0.3) is 5.91 Å². The number of urea groups is 1. The molecule has 2 heterocycles. The van der Waals surface area contributed by atoms with Gasteiger partial charge in [-0.3, -0.25) is 4.79 Å². The lowest BCUT2D eigenvalue weighted by molar-refractivity contribution is 0.0952. The number of halogens is 1. The van der Waals surface area contributed by atoms with E-state index >= 15 is 0 Å². The van der Waals surface area contributed by atoms with Crippen LogP contribution in [0.25, 0.3) is 5.52 Å². The van der Waals surface area contributed by atoms with Gasteiger partial charge in [0, 0.05) is 30.0 Å². The first kappa shape index (κ1) is 20.4. The van der Waals surface area contributed by atoms with Gasteiger partial charge in [0.05, 0.1) is 17.3 Å². The van der Waals surface area contributed by atoms with Gasteiger partial charge in [-0.2, -0.15) is 5.10 Å². The van der Waals surface area contributed by atoms with E-state index in [0.717, 1.165) is 11.1 Å². The third-order valence-electron chi connectivity index (χ3n) is 4.66. The van der Waals surface area contributed by atoms with E-state index < -0.39 is 0 Å². The average molecular weight is 434 g/mol. The quantitative estimate of drug-likeness (QED) is 0.425. The highest BCUT2D eigenvalue weighted by Gasteiger charge is 2.13. The maximum atomic E-state index is 12.6. The Bertz CT molecular complexity index is 1220. The molecule has 0 saturated heterocycles. The van der Waals surface area contributed by atoms with E-state index in [4.69, 9.17) is 11.6 Å². The molecule has 2 aromatic carbocycles. The molecular formula is C23H20ClN5O2. The summed E-state index contributed by atoms with van der Waals surface area (Å²) in [7, 11) is 0. The summed E-state index contributed by atoms with van der Waals surface area (Å²) in [5.74, 6) is -0.206. The van der Waals surface area contributed by atoms with Crippen LogP contribution < -0.4 is 16.0 Å². The van der Waals surface area contributed by atoms with Crippen molar-refractivity contribution in [3.63, 3.8) is 0 Å². The minimum atomic E-state index is -0.350. The number of carbonyl (C=O) groups is 2. The van der Waals surface area contributed by atoms with E-state index in [2.05, 4.69) is 21.0 Å².